The van der Waals surface area contributed by atoms with Gasteiger partial charge in [0, 0.05) is 19.3 Å². The van der Waals surface area contributed by atoms with Crippen molar-refractivity contribution in [2.75, 3.05) is 11.9 Å². The third-order valence-electron chi connectivity index (χ3n) is 2.57. The molecule has 0 aliphatic carbocycles. The molecule has 0 spiro atoms. The summed E-state index contributed by atoms with van der Waals surface area (Å²) >= 11 is 1.55. The highest BCUT2D eigenvalue weighted by atomic mass is 32.1. The molecule has 0 aliphatic heterocycles. The first kappa shape index (κ1) is 11.5. The largest absolute Gasteiger partial charge is 0.391 e. The molecule has 80 valence electrons. The molecule has 3 nitrogen and oxygen atoms in total. The van der Waals surface area contributed by atoms with Gasteiger partial charge in [-0.05, 0) is 12.8 Å². The zero-order valence-corrected chi connectivity index (χ0v) is 10.0. The first-order valence-electron chi connectivity index (χ1n) is 4.84. The van der Waals surface area contributed by atoms with Gasteiger partial charge in [-0.15, -0.1) is 0 Å². The number of anilines is 1. The van der Waals surface area contributed by atoms with Crippen molar-refractivity contribution in [1.82, 2.24) is 4.98 Å². The van der Waals surface area contributed by atoms with Crippen molar-refractivity contribution in [3.8, 4) is 0 Å². The van der Waals surface area contributed by atoms with E-state index in [0.29, 0.717) is 12.0 Å². The van der Waals surface area contributed by atoms with Gasteiger partial charge in [-0.2, -0.15) is 0 Å². The fourth-order valence-electron chi connectivity index (χ4n) is 1.15. The average molecular weight is 214 g/mol. The average Bonchev–Trinajstić information content (AvgIpc) is 2.63. The highest BCUT2D eigenvalue weighted by molar-refractivity contribution is 7.15. The van der Waals surface area contributed by atoms with Crippen LogP contribution in [-0.4, -0.2) is 23.2 Å². The summed E-state index contributed by atoms with van der Waals surface area (Å²) in [6, 6.07) is 0.465. The van der Waals surface area contributed by atoms with Gasteiger partial charge in [-0.3, -0.25) is 0 Å². The Labute approximate surface area is 89.4 Å². The minimum atomic E-state index is 0.0849. The molecule has 0 aliphatic rings. The van der Waals surface area contributed by atoms with Crippen LogP contribution in [0.2, 0.25) is 0 Å². The normalized spacial score (nSPS) is 13.3. The van der Waals surface area contributed by atoms with Crippen LogP contribution < -0.4 is 4.90 Å². The molecule has 0 saturated heterocycles. The Kier molecular flexibility index (Phi) is 3.89. The van der Waals surface area contributed by atoms with Crippen molar-refractivity contribution in [3.05, 3.63) is 11.1 Å². The van der Waals surface area contributed by atoms with Crippen molar-refractivity contribution in [2.45, 2.75) is 33.4 Å². The van der Waals surface area contributed by atoms with E-state index in [2.05, 4.69) is 30.7 Å². The van der Waals surface area contributed by atoms with E-state index < -0.39 is 0 Å². The Hall–Kier alpha value is -0.610. The molecule has 1 aromatic heterocycles. The third-order valence-corrected chi connectivity index (χ3v) is 3.65. The zero-order valence-electron chi connectivity index (χ0n) is 9.19. The zero-order chi connectivity index (χ0) is 10.7. The topological polar surface area (TPSA) is 36.4 Å². The molecule has 1 rings (SSSR count). The predicted molar refractivity (Wildman–Crippen MR) is 60.7 cm³/mol. The van der Waals surface area contributed by atoms with E-state index in [1.807, 2.05) is 7.05 Å². The van der Waals surface area contributed by atoms with Crippen molar-refractivity contribution in [1.29, 1.82) is 0 Å². The molecule has 0 aromatic carbocycles. The second-order valence-electron chi connectivity index (χ2n) is 3.86. The number of aliphatic hydroxyl groups is 1. The number of aromatic nitrogens is 1. The molecular weight excluding hydrogens is 196 g/mol. The van der Waals surface area contributed by atoms with Crippen LogP contribution in [-0.2, 0) is 6.61 Å². The van der Waals surface area contributed by atoms with Crippen LogP contribution in [0.15, 0.2) is 6.20 Å². The molecule has 1 unspecified atom stereocenters. The Morgan fingerprint density at radius 2 is 2.14 bits per heavy atom. The molecule has 0 saturated carbocycles. The quantitative estimate of drug-likeness (QED) is 0.834. The lowest BCUT2D eigenvalue weighted by Crippen LogP contribution is -2.32. The van der Waals surface area contributed by atoms with Gasteiger partial charge in [0.2, 0.25) is 0 Å². The van der Waals surface area contributed by atoms with Gasteiger partial charge in [0.15, 0.2) is 5.13 Å². The fourth-order valence-corrected chi connectivity index (χ4v) is 1.97. The van der Waals surface area contributed by atoms with Crippen LogP contribution >= 0.6 is 11.3 Å². The lowest BCUT2D eigenvalue weighted by molar-refractivity contribution is 0.285. The smallest absolute Gasteiger partial charge is 0.185 e. The van der Waals surface area contributed by atoms with E-state index in [-0.39, 0.29) is 6.61 Å². The molecule has 4 heteroatoms. The Bertz CT molecular complexity index is 285. The van der Waals surface area contributed by atoms with Gasteiger partial charge in [0.05, 0.1) is 11.5 Å². The van der Waals surface area contributed by atoms with Gasteiger partial charge in [0.25, 0.3) is 0 Å². The van der Waals surface area contributed by atoms with E-state index in [9.17, 15) is 0 Å². The van der Waals surface area contributed by atoms with Gasteiger partial charge in [0.1, 0.15) is 0 Å². The Morgan fingerprint density at radius 1 is 1.50 bits per heavy atom. The Morgan fingerprint density at radius 3 is 2.57 bits per heavy atom. The van der Waals surface area contributed by atoms with E-state index >= 15 is 0 Å². The van der Waals surface area contributed by atoms with Crippen LogP contribution in [0.4, 0.5) is 5.13 Å². The van der Waals surface area contributed by atoms with Crippen molar-refractivity contribution in [2.24, 2.45) is 5.92 Å². The summed E-state index contributed by atoms with van der Waals surface area (Å²) in [6.45, 7) is 6.66. The summed E-state index contributed by atoms with van der Waals surface area (Å²) in [4.78, 5) is 7.36. The monoisotopic (exact) mass is 214 g/mol. The van der Waals surface area contributed by atoms with E-state index in [1.165, 1.54) is 0 Å². The lowest BCUT2D eigenvalue weighted by Gasteiger charge is -2.27. The van der Waals surface area contributed by atoms with E-state index in [0.717, 1.165) is 10.0 Å². The summed E-state index contributed by atoms with van der Waals surface area (Å²) < 4.78 is 0. The molecule has 0 amide bonds. The van der Waals surface area contributed by atoms with Crippen LogP contribution in [0, 0.1) is 5.92 Å². The maximum Gasteiger partial charge on any atom is 0.185 e. The molecule has 1 atom stereocenters. The molecule has 0 radical (unpaired) electrons. The number of hydrogen-bond donors (Lipinski definition) is 1. The van der Waals surface area contributed by atoms with E-state index in [4.69, 9.17) is 5.11 Å². The SMILES string of the molecule is CC(C)C(C)N(C)c1ncc(CO)s1. The second-order valence-corrected chi connectivity index (χ2v) is 4.96. The lowest BCUT2D eigenvalue weighted by atomic mass is 10.1. The molecule has 0 fully saturated rings. The minimum absolute atomic E-state index is 0.0849. The molecule has 1 aromatic rings. The summed E-state index contributed by atoms with van der Waals surface area (Å²) in [6.07, 6.45) is 1.74. The molecule has 14 heavy (non-hydrogen) atoms. The highest BCUT2D eigenvalue weighted by Crippen LogP contribution is 2.24. The number of aliphatic hydroxyl groups excluding tert-OH is 1. The van der Waals surface area contributed by atoms with Crippen LogP contribution in [0.25, 0.3) is 0 Å². The second kappa shape index (κ2) is 4.75. The highest BCUT2D eigenvalue weighted by Gasteiger charge is 2.16. The predicted octanol–water partition coefficient (Wildman–Crippen LogP) is 2.12. The summed E-state index contributed by atoms with van der Waals surface area (Å²) in [5.74, 6) is 0.599. The van der Waals surface area contributed by atoms with Crippen LogP contribution in [0.3, 0.4) is 0 Å². The molecular formula is C10H18N2OS. The van der Waals surface area contributed by atoms with Crippen LogP contribution in [0.5, 0.6) is 0 Å². The third kappa shape index (κ3) is 2.45. The molecule has 1 heterocycles. The molecule has 1 N–H and O–H groups in total. The first-order chi connectivity index (χ1) is 6.56. The van der Waals surface area contributed by atoms with Gasteiger partial charge in [-0.1, -0.05) is 25.2 Å². The summed E-state index contributed by atoms with van der Waals surface area (Å²) in [7, 11) is 2.05. The number of nitrogens with zero attached hydrogens (tertiary/aromatic N) is 2. The first-order valence-corrected chi connectivity index (χ1v) is 5.66. The summed E-state index contributed by atoms with van der Waals surface area (Å²) in [5.41, 5.74) is 0. The fraction of sp³-hybridized carbons (Fsp3) is 0.700. The summed E-state index contributed by atoms with van der Waals surface area (Å²) in [5, 5.41) is 9.91. The van der Waals surface area contributed by atoms with E-state index in [1.54, 1.807) is 17.5 Å². The van der Waals surface area contributed by atoms with Crippen LogP contribution in [0.1, 0.15) is 25.6 Å². The number of hydrogen-bond acceptors (Lipinski definition) is 4. The number of thiazole rings is 1. The van der Waals surface area contributed by atoms with Gasteiger partial charge in [-0.25, -0.2) is 4.98 Å². The maximum atomic E-state index is 8.93. The maximum absolute atomic E-state index is 8.93. The minimum Gasteiger partial charge on any atom is -0.391 e. The van der Waals surface area contributed by atoms with Gasteiger partial charge < -0.3 is 10.0 Å². The van der Waals surface area contributed by atoms with Gasteiger partial charge >= 0.3 is 0 Å². The number of rotatable bonds is 4. The van der Waals surface area contributed by atoms with Crippen molar-refractivity contribution >= 4 is 16.5 Å². The van der Waals surface area contributed by atoms with Crippen molar-refractivity contribution in [3.63, 3.8) is 0 Å². The van der Waals surface area contributed by atoms with Crippen molar-refractivity contribution < 1.29 is 5.11 Å². The molecule has 0 bridgehead atoms. The Balaban J connectivity index is 2.73. The standard InChI is InChI=1S/C10H18N2OS/c1-7(2)8(3)12(4)10-11-5-9(6-13)14-10/h5,7-8,13H,6H2,1-4H3.